The lowest BCUT2D eigenvalue weighted by atomic mass is 9.92. The molecular formula is C14H19FN2S. The molecule has 1 heterocycles. The monoisotopic (exact) mass is 266 g/mol. The molecular weight excluding hydrogens is 247 g/mol. The largest absolute Gasteiger partial charge is 0.348 e. The van der Waals surface area contributed by atoms with Crippen molar-refractivity contribution in [2.45, 2.75) is 20.3 Å². The van der Waals surface area contributed by atoms with E-state index in [-0.39, 0.29) is 5.82 Å². The molecule has 1 saturated heterocycles. The Bertz CT molecular complexity index is 408. The first-order chi connectivity index (χ1) is 8.54. The minimum absolute atomic E-state index is 0.230. The van der Waals surface area contributed by atoms with Gasteiger partial charge in [0.25, 0.3) is 0 Å². The van der Waals surface area contributed by atoms with Crippen LogP contribution in [0, 0.1) is 17.7 Å². The number of hydrogen-bond donors (Lipinski definition) is 1. The van der Waals surface area contributed by atoms with E-state index in [4.69, 9.17) is 12.2 Å². The van der Waals surface area contributed by atoms with Crippen LogP contribution in [-0.2, 0) is 0 Å². The number of nitrogens with one attached hydrogen (secondary N) is 1. The van der Waals surface area contributed by atoms with E-state index >= 15 is 0 Å². The molecule has 2 atom stereocenters. The van der Waals surface area contributed by atoms with Crippen LogP contribution in [0.1, 0.15) is 20.3 Å². The molecule has 2 unspecified atom stereocenters. The molecule has 1 aromatic carbocycles. The second-order valence-corrected chi connectivity index (χ2v) is 5.67. The fourth-order valence-corrected chi connectivity index (χ4v) is 2.83. The van der Waals surface area contributed by atoms with Gasteiger partial charge in [0.1, 0.15) is 5.82 Å². The summed E-state index contributed by atoms with van der Waals surface area (Å²) in [4.78, 5) is 2.21. The third kappa shape index (κ3) is 3.42. The van der Waals surface area contributed by atoms with Gasteiger partial charge in [0.15, 0.2) is 5.11 Å². The summed E-state index contributed by atoms with van der Waals surface area (Å²) < 4.78 is 12.8. The molecule has 2 rings (SSSR count). The zero-order chi connectivity index (χ0) is 13.1. The Morgan fingerprint density at radius 2 is 1.78 bits per heavy atom. The molecule has 98 valence electrons. The topological polar surface area (TPSA) is 15.3 Å². The molecule has 1 fully saturated rings. The number of likely N-dealkylation sites (tertiary alicyclic amines) is 1. The number of piperidine rings is 1. The van der Waals surface area contributed by atoms with Gasteiger partial charge in [-0.05, 0) is 54.7 Å². The Balaban J connectivity index is 1.97. The van der Waals surface area contributed by atoms with Crippen LogP contribution >= 0.6 is 12.2 Å². The van der Waals surface area contributed by atoms with Crippen molar-refractivity contribution in [3.63, 3.8) is 0 Å². The van der Waals surface area contributed by atoms with Crippen molar-refractivity contribution in [1.29, 1.82) is 0 Å². The lowest BCUT2D eigenvalue weighted by molar-refractivity contribution is 0.216. The minimum Gasteiger partial charge on any atom is -0.348 e. The first kappa shape index (κ1) is 13.3. The standard InChI is InChI=1S/C14H19FN2S/c1-10-7-11(2)9-17(8-10)14(18)16-13-5-3-12(15)4-6-13/h3-6,10-11H,7-9H2,1-2H3,(H,16,18). The summed E-state index contributed by atoms with van der Waals surface area (Å²) in [5.41, 5.74) is 0.840. The third-order valence-corrected chi connectivity index (χ3v) is 3.61. The number of hydrogen-bond acceptors (Lipinski definition) is 1. The third-order valence-electron chi connectivity index (χ3n) is 3.25. The molecule has 0 bridgehead atoms. The van der Waals surface area contributed by atoms with E-state index in [0.717, 1.165) is 23.9 Å². The fraction of sp³-hybridized carbons (Fsp3) is 0.500. The Morgan fingerprint density at radius 1 is 1.22 bits per heavy atom. The fourth-order valence-electron chi connectivity index (χ4n) is 2.56. The highest BCUT2D eigenvalue weighted by molar-refractivity contribution is 7.80. The highest BCUT2D eigenvalue weighted by atomic mass is 32.1. The molecule has 1 N–H and O–H groups in total. The maximum Gasteiger partial charge on any atom is 0.173 e. The Morgan fingerprint density at radius 3 is 2.33 bits per heavy atom. The van der Waals surface area contributed by atoms with Gasteiger partial charge in [0, 0.05) is 18.8 Å². The molecule has 1 aliphatic rings. The van der Waals surface area contributed by atoms with Gasteiger partial charge < -0.3 is 10.2 Å². The molecule has 4 heteroatoms. The molecule has 0 radical (unpaired) electrons. The normalized spacial score (nSPS) is 23.8. The van der Waals surface area contributed by atoms with Crippen LogP contribution in [-0.4, -0.2) is 23.1 Å². The van der Waals surface area contributed by atoms with Gasteiger partial charge in [-0.15, -0.1) is 0 Å². The first-order valence-electron chi connectivity index (χ1n) is 6.36. The minimum atomic E-state index is -0.230. The van der Waals surface area contributed by atoms with Gasteiger partial charge in [-0.25, -0.2) is 4.39 Å². The van der Waals surface area contributed by atoms with Crippen molar-refractivity contribution >= 4 is 23.0 Å². The first-order valence-corrected chi connectivity index (χ1v) is 6.77. The molecule has 0 spiro atoms. The number of rotatable bonds is 1. The molecule has 0 aliphatic carbocycles. The molecule has 1 aliphatic heterocycles. The van der Waals surface area contributed by atoms with E-state index in [1.807, 2.05) is 0 Å². The van der Waals surface area contributed by atoms with Gasteiger partial charge >= 0.3 is 0 Å². The lowest BCUT2D eigenvalue weighted by Crippen LogP contribution is -2.44. The Kier molecular flexibility index (Phi) is 4.17. The van der Waals surface area contributed by atoms with Gasteiger partial charge in [-0.2, -0.15) is 0 Å². The van der Waals surface area contributed by atoms with Gasteiger partial charge in [-0.1, -0.05) is 13.8 Å². The van der Waals surface area contributed by atoms with Crippen LogP contribution in [0.4, 0.5) is 10.1 Å². The van der Waals surface area contributed by atoms with Crippen LogP contribution in [0.15, 0.2) is 24.3 Å². The van der Waals surface area contributed by atoms with Crippen molar-refractivity contribution in [1.82, 2.24) is 4.90 Å². The highest BCUT2D eigenvalue weighted by Gasteiger charge is 2.23. The van der Waals surface area contributed by atoms with Gasteiger partial charge in [0.05, 0.1) is 0 Å². The zero-order valence-electron chi connectivity index (χ0n) is 10.8. The van der Waals surface area contributed by atoms with Crippen molar-refractivity contribution in [3.8, 4) is 0 Å². The molecule has 1 aromatic rings. The second kappa shape index (κ2) is 5.65. The summed E-state index contributed by atoms with van der Waals surface area (Å²) in [7, 11) is 0. The summed E-state index contributed by atoms with van der Waals surface area (Å²) >= 11 is 5.42. The average molecular weight is 266 g/mol. The van der Waals surface area contributed by atoms with E-state index < -0.39 is 0 Å². The Labute approximate surface area is 113 Å². The van der Waals surface area contributed by atoms with E-state index in [0.29, 0.717) is 11.8 Å². The average Bonchev–Trinajstić information content (AvgIpc) is 2.31. The van der Waals surface area contributed by atoms with E-state index in [2.05, 4.69) is 24.1 Å². The smallest absolute Gasteiger partial charge is 0.173 e. The maximum absolute atomic E-state index is 12.8. The van der Waals surface area contributed by atoms with Crippen LogP contribution in [0.5, 0.6) is 0 Å². The summed E-state index contributed by atoms with van der Waals surface area (Å²) in [6.45, 7) is 6.50. The highest BCUT2D eigenvalue weighted by Crippen LogP contribution is 2.21. The molecule has 2 nitrogen and oxygen atoms in total. The van der Waals surface area contributed by atoms with Crippen LogP contribution in [0.2, 0.25) is 0 Å². The van der Waals surface area contributed by atoms with Crippen molar-refractivity contribution < 1.29 is 4.39 Å². The number of benzene rings is 1. The number of halogens is 1. The quantitative estimate of drug-likeness (QED) is 0.783. The SMILES string of the molecule is CC1CC(C)CN(C(=S)Nc2ccc(F)cc2)C1. The number of anilines is 1. The molecule has 18 heavy (non-hydrogen) atoms. The van der Waals surface area contributed by atoms with Crippen molar-refractivity contribution in [2.24, 2.45) is 11.8 Å². The number of nitrogens with zero attached hydrogens (tertiary/aromatic N) is 1. The van der Waals surface area contributed by atoms with Crippen molar-refractivity contribution in [3.05, 3.63) is 30.1 Å². The summed E-state index contributed by atoms with van der Waals surface area (Å²) in [5, 5.41) is 3.91. The Hall–Kier alpha value is -1.16. The van der Waals surface area contributed by atoms with E-state index in [9.17, 15) is 4.39 Å². The lowest BCUT2D eigenvalue weighted by Gasteiger charge is -2.36. The number of thiocarbonyl (C=S) groups is 1. The van der Waals surface area contributed by atoms with Crippen LogP contribution in [0.25, 0.3) is 0 Å². The summed E-state index contributed by atoms with van der Waals surface area (Å²) in [6, 6.07) is 6.29. The van der Waals surface area contributed by atoms with Crippen molar-refractivity contribution in [2.75, 3.05) is 18.4 Å². The van der Waals surface area contributed by atoms with Gasteiger partial charge in [0.2, 0.25) is 0 Å². The molecule has 0 amide bonds. The predicted octanol–water partition coefficient (Wildman–Crippen LogP) is 3.50. The maximum atomic E-state index is 12.8. The van der Waals surface area contributed by atoms with Crippen LogP contribution < -0.4 is 5.32 Å². The van der Waals surface area contributed by atoms with Crippen LogP contribution in [0.3, 0.4) is 0 Å². The molecule has 0 aromatic heterocycles. The molecule has 0 saturated carbocycles. The second-order valence-electron chi connectivity index (χ2n) is 5.29. The van der Waals surface area contributed by atoms with E-state index in [1.54, 1.807) is 12.1 Å². The van der Waals surface area contributed by atoms with Gasteiger partial charge in [-0.3, -0.25) is 0 Å². The summed E-state index contributed by atoms with van der Waals surface area (Å²) in [5.74, 6) is 1.11. The predicted molar refractivity (Wildman–Crippen MR) is 77.1 cm³/mol. The zero-order valence-corrected chi connectivity index (χ0v) is 11.6. The van der Waals surface area contributed by atoms with E-state index in [1.165, 1.54) is 18.6 Å². The summed E-state index contributed by atoms with van der Waals surface area (Å²) in [6.07, 6.45) is 1.26.